The average Bonchev–Trinajstić information content (AvgIpc) is 2.44. The highest BCUT2D eigenvalue weighted by molar-refractivity contribution is 7.99. The fourth-order valence-corrected chi connectivity index (χ4v) is 3.37. The first-order chi connectivity index (χ1) is 9.99. The van der Waals surface area contributed by atoms with E-state index < -0.39 is 23.6 Å². The maximum atomic E-state index is 13.6. The number of benzene rings is 1. The number of halogens is 2. The molecule has 0 aromatic heterocycles. The minimum atomic E-state index is -1.02. The van der Waals surface area contributed by atoms with Crippen LogP contribution < -0.4 is 0 Å². The summed E-state index contributed by atoms with van der Waals surface area (Å²) in [4.78, 5) is 24.6. The SMILES string of the molecule is O=C(O)CC1CSCCN1C(=O)Cc1cccc(F)c1F. The zero-order valence-corrected chi connectivity index (χ0v) is 12.0. The summed E-state index contributed by atoms with van der Waals surface area (Å²) in [7, 11) is 0. The summed E-state index contributed by atoms with van der Waals surface area (Å²) in [6.45, 7) is 0.429. The van der Waals surface area contributed by atoms with Gasteiger partial charge in [-0.2, -0.15) is 11.8 Å². The van der Waals surface area contributed by atoms with Gasteiger partial charge in [0.15, 0.2) is 11.6 Å². The van der Waals surface area contributed by atoms with Gasteiger partial charge in [-0.1, -0.05) is 12.1 Å². The molecule has 0 radical (unpaired) electrons. The molecule has 1 fully saturated rings. The third-order valence-corrected chi connectivity index (χ3v) is 4.42. The molecule has 1 unspecified atom stereocenters. The normalized spacial score (nSPS) is 18.6. The summed E-state index contributed by atoms with van der Waals surface area (Å²) in [5, 5.41) is 8.88. The molecule has 7 heteroatoms. The van der Waals surface area contributed by atoms with Crippen molar-refractivity contribution in [2.45, 2.75) is 18.9 Å². The maximum absolute atomic E-state index is 13.6. The van der Waals surface area contributed by atoms with E-state index in [-0.39, 0.29) is 24.3 Å². The highest BCUT2D eigenvalue weighted by atomic mass is 32.2. The lowest BCUT2D eigenvalue weighted by Crippen LogP contribution is -2.47. The minimum absolute atomic E-state index is 0.00713. The predicted molar refractivity (Wildman–Crippen MR) is 75.1 cm³/mol. The maximum Gasteiger partial charge on any atom is 0.305 e. The van der Waals surface area contributed by atoms with E-state index in [0.29, 0.717) is 18.1 Å². The van der Waals surface area contributed by atoms with E-state index in [2.05, 4.69) is 0 Å². The Balaban J connectivity index is 2.10. The molecule has 1 saturated heterocycles. The number of hydrogen-bond donors (Lipinski definition) is 1. The molecule has 0 bridgehead atoms. The molecular formula is C14H15F2NO3S. The lowest BCUT2D eigenvalue weighted by atomic mass is 10.1. The summed E-state index contributed by atoms with van der Waals surface area (Å²) in [5.74, 6) is -2.09. The molecule has 1 aliphatic rings. The molecule has 0 aliphatic carbocycles. The van der Waals surface area contributed by atoms with E-state index in [1.54, 1.807) is 11.8 Å². The summed E-state index contributed by atoms with van der Waals surface area (Å²) in [5.41, 5.74) is -0.00713. The van der Waals surface area contributed by atoms with E-state index in [0.717, 1.165) is 6.07 Å². The molecule has 1 aliphatic heterocycles. The first-order valence-corrected chi connectivity index (χ1v) is 7.66. The molecule has 1 aromatic rings. The second-order valence-electron chi connectivity index (χ2n) is 4.80. The smallest absolute Gasteiger partial charge is 0.305 e. The standard InChI is InChI=1S/C14H15F2NO3S/c15-11-3-1-2-9(14(11)16)6-12(18)17-4-5-21-8-10(17)7-13(19)20/h1-3,10H,4-8H2,(H,19,20). The Morgan fingerprint density at radius 2 is 2.14 bits per heavy atom. The van der Waals surface area contributed by atoms with Crippen LogP contribution in [0.3, 0.4) is 0 Å². The summed E-state index contributed by atoms with van der Waals surface area (Å²) in [6.07, 6.45) is -0.394. The first kappa shape index (κ1) is 15.8. The molecule has 1 atom stereocenters. The van der Waals surface area contributed by atoms with Gasteiger partial charge in [0.25, 0.3) is 0 Å². The van der Waals surface area contributed by atoms with Gasteiger partial charge < -0.3 is 10.0 Å². The molecule has 21 heavy (non-hydrogen) atoms. The van der Waals surface area contributed by atoms with Crippen molar-refractivity contribution in [2.75, 3.05) is 18.1 Å². The van der Waals surface area contributed by atoms with Gasteiger partial charge in [0, 0.05) is 23.6 Å². The van der Waals surface area contributed by atoms with Crippen LogP contribution in [-0.2, 0) is 16.0 Å². The van der Waals surface area contributed by atoms with E-state index >= 15 is 0 Å². The number of carbonyl (C=O) groups excluding carboxylic acids is 1. The fourth-order valence-electron chi connectivity index (χ4n) is 2.30. The Kier molecular flexibility index (Phi) is 5.17. The number of carboxylic acid groups (broad SMARTS) is 1. The Labute approximate surface area is 125 Å². The molecule has 4 nitrogen and oxygen atoms in total. The van der Waals surface area contributed by atoms with Gasteiger partial charge in [0.05, 0.1) is 18.9 Å². The highest BCUT2D eigenvalue weighted by Gasteiger charge is 2.29. The molecular weight excluding hydrogens is 300 g/mol. The number of rotatable bonds is 4. The Bertz CT molecular complexity index is 553. The molecule has 114 valence electrons. The Morgan fingerprint density at radius 3 is 2.86 bits per heavy atom. The minimum Gasteiger partial charge on any atom is -0.481 e. The monoisotopic (exact) mass is 315 g/mol. The van der Waals surface area contributed by atoms with E-state index in [1.807, 2.05) is 0 Å². The van der Waals surface area contributed by atoms with Crippen LogP contribution in [0.2, 0.25) is 0 Å². The topological polar surface area (TPSA) is 57.6 Å². The number of thioether (sulfide) groups is 1. The summed E-state index contributed by atoms with van der Waals surface area (Å²) in [6, 6.07) is 3.31. The van der Waals surface area contributed by atoms with Crippen molar-refractivity contribution in [3.05, 3.63) is 35.4 Å². The third kappa shape index (κ3) is 3.93. The second-order valence-corrected chi connectivity index (χ2v) is 5.95. The Morgan fingerprint density at radius 1 is 1.38 bits per heavy atom. The zero-order valence-electron chi connectivity index (χ0n) is 11.2. The van der Waals surface area contributed by atoms with E-state index in [1.165, 1.54) is 17.0 Å². The fraction of sp³-hybridized carbons (Fsp3) is 0.429. The van der Waals surface area contributed by atoms with Crippen LogP contribution in [0, 0.1) is 11.6 Å². The third-order valence-electron chi connectivity index (χ3n) is 3.33. The van der Waals surface area contributed by atoms with Crippen molar-refractivity contribution in [1.82, 2.24) is 4.90 Å². The first-order valence-electron chi connectivity index (χ1n) is 6.51. The molecule has 0 saturated carbocycles. The van der Waals surface area contributed by atoms with Gasteiger partial charge in [-0.3, -0.25) is 9.59 Å². The molecule has 1 aromatic carbocycles. The number of aliphatic carboxylic acids is 1. The number of hydrogen-bond acceptors (Lipinski definition) is 3. The van der Waals surface area contributed by atoms with Crippen molar-refractivity contribution >= 4 is 23.6 Å². The van der Waals surface area contributed by atoms with Crippen LogP contribution in [0.1, 0.15) is 12.0 Å². The van der Waals surface area contributed by atoms with E-state index in [4.69, 9.17) is 5.11 Å². The molecule has 1 heterocycles. The van der Waals surface area contributed by atoms with E-state index in [9.17, 15) is 18.4 Å². The zero-order chi connectivity index (χ0) is 15.4. The summed E-state index contributed by atoms with van der Waals surface area (Å²) >= 11 is 1.59. The number of nitrogens with zero attached hydrogens (tertiary/aromatic N) is 1. The van der Waals surface area contributed by atoms with Gasteiger partial charge >= 0.3 is 5.97 Å². The van der Waals surface area contributed by atoms with Crippen LogP contribution >= 0.6 is 11.8 Å². The van der Waals surface area contributed by atoms with Crippen LogP contribution in [0.5, 0.6) is 0 Å². The molecule has 2 rings (SSSR count). The van der Waals surface area contributed by atoms with Gasteiger partial charge in [-0.05, 0) is 6.07 Å². The van der Waals surface area contributed by atoms with Crippen LogP contribution in [-0.4, -0.2) is 46.0 Å². The van der Waals surface area contributed by atoms with Crippen LogP contribution in [0.15, 0.2) is 18.2 Å². The average molecular weight is 315 g/mol. The molecule has 1 amide bonds. The van der Waals surface area contributed by atoms with Gasteiger partial charge in [-0.15, -0.1) is 0 Å². The van der Waals surface area contributed by atoms with Gasteiger partial charge in [0.2, 0.25) is 5.91 Å². The molecule has 0 spiro atoms. The van der Waals surface area contributed by atoms with Crippen molar-refractivity contribution in [3.63, 3.8) is 0 Å². The summed E-state index contributed by atoms with van der Waals surface area (Å²) < 4.78 is 26.7. The van der Waals surface area contributed by atoms with Crippen molar-refractivity contribution in [1.29, 1.82) is 0 Å². The number of carboxylic acids is 1. The molecule has 1 N–H and O–H groups in total. The number of carbonyl (C=O) groups is 2. The van der Waals surface area contributed by atoms with Crippen LogP contribution in [0.4, 0.5) is 8.78 Å². The lowest BCUT2D eigenvalue weighted by Gasteiger charge is -2.34. The number of amides is 1. The Hall–Kier alpha value is -1.63. The second kappa shape index (κ2) is 6.89. The highest BCUT2D eigenvalue weighted by Crippen LogP contribution is 2.21. The lowest BCUT2D eigenvalue weighted by molar-refractivity contribution is -0.140. The van der Waals surface area contributed by atoms with Crippen LogP contribution in [0.25, 0.3) is 0 Å². The van der Waals surface area contributed by atoms with Gasteiger partial charge in [-0.25, -0.2) is 8.78 Å². The van der Waals surface area contributed by atoms with Gasteiger partial charge in [0.1, 0.15) is 0 Å². The quantitative estimate of drug-likeness (QED) is 0.922. The van der Waals surface area contributed by atoms with Crippen molar-refractivity contribution < 1.29 is 23.5 Å². The predicted octanol–water partition coefficient (Wildman–Crippen LogP) is 1.93. The largest absolute Gasteiger partial charge is 0.481 e. The van der Waals surface area contributed by atoms with Crippen molar-refractivity contribution in [3.8, 4) is 0 Å². The van der Waals surface area contributed by atoms with Crippen molar-refractivity contribution in [2.24, 2.45) is 0 Å².